The van der Waals surface area contributed by atoms with Gasteiger partial charge in [-0.05, 0) is 36.6 Å². The number of carbonyl (C=O) groups excluding carboxylic acids is 1. The van der Waals surface area contributed by atoms with Crippen LogP contribution in [-0.4, -0.2) is 45.5 Å². The summed E-state index contributed by atoms with van der Waals surface area (Å²) in [6, 6.07) is 15.3. The molecule has 3 heterocycles. The van der Waals surface area contributed by atoms with Crippen molar-refractivity contribution in [2.45, 2.75) is 25.2 Å². The van der Waals surface area contributed by atoms with Crippen LogP contribution in [-0.2, 0) is 11.2 Å². The van der Waals surface area contributed by atoms with Crippen molar-refractivity contribution in [3.8, 4) is 5.88 Å². The van der Waals surface area contributed by atoms with Crippen LogP contribution in [0.1, 0.15) is 36.0 Å². The number of para-hydroxylation sites is 1. The van der Waals surface area contributed by atoms with Gasteiger partial charge in [0.1, 0.15) is 12.1 Å². The van der Waals surface area contributed by atoms with Gasteiger partial charge in [0.25, 0.3) is 5.91 Å². The Bertz CT molecular complexity index is 1270. The minimum Gasteiger partial charge on any atom is -0.467 e. The summed E-state index contributed by atoms with van der Waals surface area (Å²) in [5.41, 5.74) is 1.78. The van der Waals surface area contributed by atoms with Crippen LogP contribution in [0.3, 0.4) is 0 Å². The Morgan fingerprint density at radius 1 is 1.12 bits per heavy atom. The maximum atomic E-state index is 12.9. The SMILES string of the molecule is O=C(COc1ncnc2ccccc12)N1CCC[C@H](c2ncc(Cc3ccccc3Cl)o2)C1. The molecule has 4 aromatic rings. The van der Waals surface area contributed by atoms with Crippen molar-refractivity contribution in [1.29, 1.82) is 0 Å². The van der Waals surface area contributed by atoms with Crippen LogP contribution >= 0.6 is 11.6 Å². The van der Waals surface area contributed by atoms with E-state index in [2.05, 4.69) is 15.0 Å². The van der Waals surface area contributed by atoms with Gasteiger partial charge in [-0.2, -0.15) is 0 Å². The van der Waals surface area contributed by atoms with Gasteiger partial charge >= 0.3 is 0 Å². The van der Waals surface area contributed by atoms with Crippen LogP contribution < -0.4 is 4.74 Å². The van der Waals surface area contributed by atoms with Crippen LogP contribution in [0.4, 0.5) is 0 Å². The third kappa shape index (κ3) is 4.83. The number of aromatic nitrogens is 3. The Balaban J connectivity index is 1.21. The third-order valence-corrected chi connectivity index (χ3v) is 6.22. The molecule has 0 aliphatic carbocycles. The number of nitrogens with zero attached hydrogens (tertiary/aromatic N) is 4. The van der Waals surface area contributed by atoms with E-state index in [0.717, 1.165) is 35.1 Å². The second-order valence-electron chi connectivity index (χ2n) is 8.10. The van der Waals surface area contributed by atoms with Gasteiger partial charge in [0.2, 0.25) is 5.88 Å². The van der Waals surface area contributed by atoms with Gasteiger partial charge in [-0.3, -0.25) is 4.79 Å². The molecule has 0 spiro atoms. The molecule has 0 radical (unpaired) electrons. The Kier molecular flexibility index (Phi) is 6.21. The van der Waals surface area contributed by atoms with E-state index in [1.807, 2.05) is 53.4 Å². The number of halogens is 1. The summed E-state index contributed by atoms with van der Waals surface area (Å²) >= 11 is 6.26. The molecule has 1 atom stereocenters. The highest BCUT2D eigenvalue weighted by Crippen LogP contribution is 2.28. The molecule has 7 nitrogen and oxygen atoms in total. The van der Waals surface area contributed by atoms with Gasteiger partial charge < -0.3 is 14.1 Å². The number of oxazole rings is 1. The maximum absolute atomic E-state index is 12.9. The normalized spacial score (nSPS) is 16.2. The summed E-state index contributed by atoms with van der Waals surface area (Å²) in [5, 5.41) is 1.50. The van der Waals surface area contributed by atoms with Crippen LogP contribution in [0.2, 0.25) is 5.02 Å². The van der Waals surface area contributed by atoms with Gasteiger partial charge in [-0.25, -0.2) is 15.0 Å². The first-order valence-corrected chi connectivity index (χ1v) is 11.3. The van der Waals surface area contributed by atoms with Crippen molar-refractivity contribution in [3.63, 3.8) is 0 Å². The average Bonchev–Trinajstić information content (AvgIpc) is 3.33. The predicted octanol–water partition coefficient (Wildman–Crippen LogP) is 4.65. The van der Waals surface area contributed by atoms with E-state index in [4.69, 9.17) is 20.8 Å². The Morgan fingerprint density at radius 3 is 2.88 bits per heavy atom. The lowest BCUT2D eigenvalue weighted by Gasteiger charge is -2.31. The van der Waals surface area contributed by atoms with E-state index in [1.54, 1.807) is 6.20 Å². The van der Waals surface area contributed by atoms with Gasteiger partial charge in [-0.15, -0.1) is 0 Å². The molecule has 1 aliphatic rings. The van der Waals surface area contributed by atoms with Crippen molar-refractivity contribution in [2.75, 3.05) is 19.7 Å². The summed E-state index contributed by atoms with van der Waals surface area (Å²) in [6.07, 6.45) is 5.59. The summed E-state index contributed by atoms with van der Waals surface area (Å²) in [4.78, 5) is 27.6. The van der Waals surface area contributed by atoms with Crippen molar-refractivity contribution in [2.24, 2.45) is 0 Å². The number of carbonyl (C=O) groups is 1. The molecule has 2 aromatic carbocycles. The van der Waals surface area contributed by atoms with Gasteiger partial charge in [0.15, 0.2) is 12.5 Å². The lowest BCUT2D eigenvalue weighted by molar-refractivity contribution is -0.134. The fourth-order valence-electron chi connectivity index (χ4n) is 4.14. The number of ether oxygens (including phenoxy) is 1. The molecule has 168 valence electrons. The lowest BCUT2D eigenvalue weighted by atomic mass is 9.98. The van der Waals surface area contributed by atoms with Crippen molar-refractivity contribution < 1.29 is 13.9 Å². The Hall–Kier alpha value is -3.45. The minimum atomic E-state index is -0.0785. The monoisotopic (exact) mass is 462 g/mol. The van der Waals surface area contributed by atoms with E-state index in [9.17, 15) is 4.79 Å². The molecular formula is C25H23ClN4O3. The smallest absolute Gasteiger partial charge is 0.260 e. The third-order valence-electron chi connectivity index (χ3n) is 5.86. The molecule has 0 bridgehead atoms. The molecule has 0 saturated carbocycles. The van der Waals surface area contributed by atoms with Gasteiger partial charge in [-0.1, -0.05) is 41.9 Å². The molecule has 1 saturated heterocycles. The fourth-order valence-corrected chi connectivity index (χ4v) is 4.35. The molecule has 33 heavy (non-hydrogen) atoms. The average molecular weight is 463 g/mol. The Labute approximate surface area is 196 Å². The van der Waals surface area contributed by atoms with Crippen LogP contribution in [0.5, 0.6) is 5.88 Å². The number of hydrogen-bond donors (Lipinski definition) is 0. The number of amides is 1. The minimum absolute atomic E-state index is 0.0579. The molecule has 1 amide bonds. The molecular weight excluding hydrogens is 440 g/mol. The molecule has 0 N–H and O–H groups in total. The maximum Gasteiger partial charge on any atom is 0.260 e. The number of piperidine rings is 1. The first-order chi connectivity index (χ1) is 16.2. The summed E-state index contributed by atoms with van der Waals surface area (Å²) in [6.45, 7) is 1.17. The van der Waals surface area contributed by atoms with E-state index in [0.29, 0.717) is 36.3 Å². The number of fused-ring (bicyclic) bond motifs is 1. The summed E-state index contributed by atoms with van der Waals surface area (Å²) < 4.78 is 11.8. The fraction of sp³-hybridized carbons (Fsp3) is 0.280. The first kappa shape index (κ1) is 21.4. The quantitative estimate of drug-likeness (QED) is 0.415. The topological polar surface area (TPSA) is 81.4 Å². The van der Waals surface area contributed by atoms with E-state index in [1.165, 1.54) is 6.33 Å². The number of hydrogen-bond acceptors (Lipinski definition) is 6. The summed E-state index contributed by atoms with van der Waals surface area (Å²) in [7, 11) is 0. The molecule has 1 aliphatic heterocycles. The van der Waals surface area contributed by atoms with Crippen molar-refractivity contribution in [3.05, 3.63) is 83.3 Å². The van der Waals surface area contributed by atoms with Crippen molar-refractivity contribution in [1.82, 2.24) is 19.9 Å². The molecule has 5 rings (SSSR count). The zero-order chi connectivity index (χ0) is 22.6. The van der Waals surface area contributed by atoms with Gasteiger partial charge in [0, 0.05) is 24.5 Å². The Morgan fingerprint density at radius 2 is 1.97 bits per heavy atom. The van der Waals surface area contributed by atoms with E-state index >= 15 is 0 Å². The first-order valence-electron chi connectivity index (χ1n) is 11.0. The number of likely N-dealkylation sites (tertiary alicyclic amines) is 1. The largest absolute Gasteiger partial charge is 0.467 e. The second-order valence-corrected chi connectivity index (χ2v) is 8.50. The number of rotatable bonds is 6. The van der Waals surface area contributed by atoms with Crippen molar-refractivity contribution >= 4 is 28.4 Å². The molecule has 2 aromatic heterocycles. The van der Waals surface area contributed by atoms with Crippen LogP contribution in [0.15, 0.2) is 65.5 Å². The number of benzene rings is 2. The van der Waals surface area contributed by atoms with E-state index in [-0.39, 0.29) is 18.4 Å². The predicted molar refractivity (Wildman–Crippen MR) is 124 cm³/mol. The zero-order valence-electron chi connectivity index (χ0n) is 18.0. The highest BCUT2D eigenvalue weighted by molar-refractivity contribution is 6.31. The lowest BCUT2D eigenvalue weighted by Crippen LogP contribution is -2.41. The second kappa shape index (κ2) is 9.58. The molecule has 8 heteroatoms. The van der Waals surface area contributed by atoms with Gasteiger partial charge in [0.05, 0.1) is 23.0 Å². The highest BCUT2D eigenvalue weighted by atomic mass is 35.5. The van der Waals surface area contributed by atoms with Crippen LogP contribution in [0.25, 0.3) is 10.9 Å². The zero-order valence-corrected chi connectivity index (χ0v) is 18.7. The molecule has 1 fully saturated rings. The summed E-state index contributed by atoms with van der Waals surface area (Å²) in [5.74, 6) is 1.82. The molecule has 0 unspecified atom stereocenters. The van der Waals surface area contributed by atoms with E-state index < -0.39 is 0 Å². The van der Waals surface area contributed by atoms with Crippen LogP contribution in [0, 0.1) is 0 Å². The standard InChI is InChI=1S/C25H23ClN4O3/c26-21-9-3-1-6-17(21)12-19-13-27-24(33-19)18-7-5-11-30(14-18)23(31)15-32-25-20-8-2-4-10-22(20)28-16-29-25/h1-4,6,8-10,13,16,18H,5,7,11-12,14-15H2/t18-/m0/s1. The highest BCUT2D eigenvalue weighted by Gasteiger charge is 2.28.